The third-order valence-electron chi connectivity index (χ3n) is 4.93. The van der Waals surface area contributed by atoms with Crippen LogP contribution in [0.5, 0.6) is 0 Å². The lowest BCUT2D eigenvalue weighted by Gasteiger charge is -2.31. The Bertz CT molecular complexity index is 1120. The fraction of sp³-hybridized carbons (Fsp3) is 0.318. The predicted molar refractivity (Wildman–Crippen MR) is 119 cm³/mol. The second kappa shape index (κ2) is 10.4. The number of sulfonamides is 1. The number of likely N-dealkylation sites (N-methyl/N-ethyl adjacent to an activating group) is 1. The van der Waals surface area contributed by atoms with Crippen LogP contribution in [0.4, 0.5) is 10.1 Å². The third kappa shape index (κ3) is 6.13. The van der Waals surface area contributed by atoms with Crippen molar-refractivity contribution in [1.82, 2.24) is 10.2 Å². The Hall–Kier alpha value is -3.27. The van der Waals surface area contributed by atoms with E-state index in [1.54, 1.807) is 6.07 Å². The summed E-state index contributed by atoms with van der Waals surface area (Å²) in [5.74, 6) is -2.01. The molecule has 2 amide bonds. The molecule has 1 atom stereocenters. The maximum Gasteiger partial charge on any atom is 0.244 e. The van der Waals surface area contributed by atoms with Crippen molar-refractivity contribution in [3.8, 4) is 0 Å². The lowest BCUT2D eigenvalue weighted by atomic mass is 10.1. The molecule has 2 rings (SSSR count). The summed E-state index contributed by atoms with van der Waals surface area (Å²) in [6.45, 7) is 1.95. The van der Waals surface area contributed by atoms with Gasteiger partial charge in [-0.3, -0.25) is 18.7 Å². The van der Waals surface area contributed by atoms with Crippen LogP contribution in [0.25, 0.3) is 0 Å². The van der Waals surface area contributed by atoms with E-state index in [4.69, 9.17) is 0 Å². The predicted octanol–water partition coefficient (Wildman–Crippen LogP) is 1.96. The van der Waals surface area contributed by atoms with Crippen molar-refractivity contribution >= 4 is 33.3 Å². The van der Waals surface area contributed by atoms with Gasteiger partial charge in [0.2, 0.25) is 21.8 Å². The van der Waals surface area contributed by atoms with Gasteiger partial charge in [-0.05, 0) is 32.0 Å². The van der Waals surface area contributed by atoms with Crippen molar-refractivity contribution in [2.24, 2.45) is 0 Å². The Morgan fingerprint density at radius 1 is 1.09 bits per heavy atom. The molecule has 2 aromatic rings. The fourth-order valence-corrected chi connectivity index (χ4v) is 3.94. The molecule has 0 aromatic heterocycles. The number of carbonyl (C=O) groups is 3. The molecule has 0 saturated heterocycles. The number of amides is 2. The Labute approximate surface area is 187 Å². The van der Waals surface area contributed by atoms with Crippen LogP contribution in [0, 0.1) is 5.82 Å². The summed E-state index contributed by atoms with van der Waals surface area (Å²) in [4.78, 5) is 38.3. The first-order valence-electron chi connectivity index (χ1n) is 9.79. The van der Waals surface area contributed by atoms with Crippen molar-refractivity contribution in [2.75, 3.05) is 24.2 Å². The number of benzene rings is 2. The minimum absolute atomic E-state index is 0.131. The molecular weight excluding hydrogens is 437 g/mol. The first-order chi connectivity index (χ1) is 15.0. The Morgan fingerprint density at radius 3 is 2.31 bits per heavy atom. The maximum absolute atomic E-state index is 14.2. The molecule has 8 nitrogen and oxygen atoms in total. The number of carbonyl (C=O) groups excluding carboxylic acids is 3. The normalized spacial score (nSPS) is 12.0. The number of halogens is 1. The zero-order chi connectivity index (χ0) is 24.1. The molecule has 0 unspecified atom stereocenters. The van der Waals surface area contributed by atoms with Gasteiger partial charge in [-0.1, -0.05) is 30.3 Å². The van der Waals surface area contributed by atoms with Crippen molar-refractivity contribution in [3.63, 3.8) is 0 Å². The zero-order valence-electron chi connectivity index (χ0n) is 18.3. The van der Waals surface area contributed by atoms with Crippen LogP contribution in [0.3, 0.4) is 0 Å². The quantitative estimate of drug-likeness (QED) is 0.573. The standard InChI is InChI=1S/C22H26FN3O5S/c1-15(22(29)24-3)25(13-18-8-5-6-11-20(18)23)21(28)14-26(32(4,30)31)19-10-7-9-17(12-19)16(2)27/h5-12,15H,13-14H2,1-4H3,(H,24,29)/t15-/m0/s1. The van der Waals surface area contributed by atoms with Gasteiger partial charge in [0.05, 0.1) is 11.9 Å². The van der Waals surface area contributed by atoms with E-state index in [1.807, 2.05) is 0 Å². The molecule has 0 bridgehead atoms. The summed E-state index contributed by atoms with van der Waals surface area (Å²) in [6.07, 6.45) is 0.935. The molecule has 0 aliphatic heterocycles. The van der Waals surface area contributed by atoms with Gasteiger partial charge < -0.3 is 10.2 Å². The van der Waals surface area contributed by atoms with Crippen LogP contribution in [0.2, 0.25) is 0 Å². The van der Waals surface area contributed by atoms with Crippen LogP contribution >= 0.6 is 0 Å². The first-order valence-corrected chi connectivity index (χ1v) is 11.6. The number of nitrogens with zero attached hydrogens (tertiary/aromatic N) is 2. The lowest BCUT2D eigenvalue weighted by molar-refractivity contribution is -0.139. The van der Waals surface area contributed by atoms with E-state index in [9.17, 15) is 27.2 Å². The highest BCUT2D eigenvalue weighted by atomic mass is 32.2. The summed E-state index contributed by atoms with van der Waals surface area (Å²) in [6, 6.07) is 10.7. The number of Topliss-reactive ketones (excluding diaryl/α,β-unsaturated/α-hetero) is 1. The number of hydrogen-bond acceptors (Lipinski definition) is 5. The minimum atomic E-state index is -3.92. The third-order valence-corrected chi connectivity index (χ3v) is 6.07. The van der Waals surface area contributed by atoms with Crippen LogP contribution in [-0.4, -0.2) is 56.8 Å². The smallest absolute Gasteiger partial charge is 0.244 e. The van der Waals surface area contributed by atoms with Gasteiger partial charge in [-0.15, -0.1) is 0 Å². The Kier molecular flexibility index (Phi) is 8.09. The van der Waals surface area contributed by atoms with E-state index in [2.05, 4.69) is 5.32 Å². The number of hydrogen-bond donors (Lipinski definition) is 1. The van der Waals surface area contributed by atoms with E-state index < -0.39 is 40.2 Å². The molecule has 0 radical (unpaired) electrons. The Morgan fingerprint density at radius 2 is 1.75 bits per heavy atom. The average Bonchev–Trinajstić information content (AvgIpc) is 2.74. The molecule has 0 saturated carbocycles. The van der Waals surface area contributed by atoms with Gasteiger partial charge in [-0.25, -0.2) is 12.8 Å². The Balaban J connectivity index is 2.43. The number of anilines is 1. The van der Waals surface area contributed by atoms with Crippen LogP contribution in [-0.2, 0) is 26.2 Å². The summed E-state index contributed by atoms with van der Waals surface area (Å²) in [5, 5.41) is 2.44. The molecule has 0 aliphatic carbocycles. The summed E-state index contributed by atoms with van der Waals surface area (Å²) < 4.78 is 40.0. The molecule has 172 valence electrons. The fourth-order valence-electron chi connectivity index (χ4n) is 3.10. The van der Waals surface area contributed by atoms with Gasteiger partial charge in [-0.2, -0.15) is 0 Å². The van der Waals surface area contributed by atoms with E-state index in [1.165, 1.54) is 63.4 Å². The van der Waals surface area contributed by atoms with Crippen molar-refractivity contribution in [3.05, 3.63) is 65.5 Å². The lowest BCUT2D eigenvalue weighted by Crippen LogP contribution is -2.50. The molecule has 0 fully saturated rings. The highest BCUT2D eigenvalue weighted by Gasteiger charge is 2.30. The molecular formula is C22H26FN3O5S. The molecule has 0 spiro atoms. The number of rotatable bonds is 9. The number of ketones is 1. The van der Waals surface area contributed by atoms with Crippen LogP contribution < -0.4 is 9.62 Å². The molecule has 1 N–H and O–H groups in total. The van der Waals surface area contributed by atoms with Crippen molar-refractivity contribution in [2.45, 2.75) is 26.4 Å². The molecule has 2 aromatic carbocycles. The average molecular weight is 464 g/mol. The van der Waals surface area contributed by atoms with E-state index in [0.717, 1.165) is 15.5 Å². The topological polar surface area (TPSA) is 104 Å². The van der Waals surface area contributed by atoms with Crippen molar-refractivity contribution in [1.29, 1.82) is 0 Å². The van der Waals surface area contributed by atoms with Gasteiger partial charge in [0.1, 0.15) is 18.4 Å². The summed E-state index contributed by atoms with van der Waals surface area (Å²) >= 11 is 0. The monoisotopic (exact) mass is 463 g/mol. The largest absolute Gasteiger partial charge is 0.357 e. The van der Waals surface area contributed by atoms with E-state index in [-0.39, 0.29) is 29.1 Å². The second-order valence-corrected chi connectivity index (χ2v) is 9.19. The molecule has 0 heterocycles. The van der Waals surface area contributed by atoms with Gasteiger partial charge in [0, 0.05) is 24.7 Å². The zero-order valence-corrected chi connectivity index (χ0v) is 19.1. The summed E-state index contributed by atoms with van der Waals surface area (Å²) in [5.41, 5.74) is 0.596. The van der Waals surface area contributed by atoms with Crippen LogP contribution in [0.15, 0.2) is 48.5 Å². The van der Waals surface area contributed by atoms with Crippen LogP contribution in [0.1, 0.15) is 29.8 Å². The van der Waals surface area contributed by atoms with Gasteiger partial charge in [0.15, 0.2) is 5.78 Å². The summed E-state index contributed by atoms with van der Waals surface area (Å²) in [7, 11) is -2.52. The second-order valence-electron chi connectivity index (χ2n) is 7.28. The molecule has 0 aliphatic rings. The highest BCUT2D eigenvalue weighted by Crippen LogP contribution is 2.21. The molecule has 32 heavy (non-hydrogen) atoms. The highest BCUT2D eigenvalue weighted by molar-refractivity contribution is 7.92. The van der Waals surface area contributed by atoms with E-state index >= 15 is 0 Å². The SMILES string of the molecule is CNC(=O)[C@H](C)N(Cc1ccccc1F)C(=O)CN(c1cccc(C(C)=O)c1)S(C)(=O)=O. The van der Waals surface area contributed by atoms with Crippen molar-refractivity contribution < 1.29 is 27.2 Å². The molecule has 10 heteroatoms. The maximum atomic E-state index is 14.2. The first kappa shape index (κ1) is 25.0. The van der Waals surface area contributed by atoms with Gasteiger partial charge in [0.25, 0.3) is 0 Å². The van der Waals surface area contributed by atoms with E-state index in [0.29, 0.717) is 0 Å². The number of nitrogens with one attached hydrogen (secondary N) is 1. The van der Waals surface area contributed by atoms with Gasteiger partial charge >= 0.3 is 0 Å². The minimum Gasteiger partial charge on any atom is -0.357 e.